The van der Waals surface area contributed by atoms with Crippen molar-refractivity contribution in [3.63, 3.8) is 0 Å². The van der Waals surface area contributed by atoms with Crippen LogP contribution in [0, 0.1) is 0 Å². The third-order valence-electron chi connectivity index (χ3n) is 10.4. The highest BCUT2D eigenvalue weighted by molar-refractivity contribution is 6.24. The van der Waals surface area contributed by atoms with Gasteiger partial charge in [-0.3, -0.25) is 0 Å². The van der Waals surface area contributed by atoms with E-state index in [4.69, 9.17) is 0 Å². The zero-order chi connectivity index (χ0) is 33.0. The molecule has 0 heterocycles. The first kappa shape index (κ1) is 28.5. The Balaban J connectivity index is 1.33. The van der Waals surface area contributed by atoms with Gasteiger partial charge in [-0.05, 0) is 123 Å². The van der Waals surface area contributed by atoms with Crippen molar-refractivity contribution in [2.75, 3.05) is 0 Å². The number of hydrogen-bond donors (Lipinski definition) is 0. The molecule has 0 spiro atoms. The molecule has 50 heavy (non-hydrogen) atoms. The smallest absolute Gasteiger partial charge is 0.00199 e. The fourth-order valence-electron chi connectivity index (χ4n) is 7.97. The van der Waals surface area contributed by atoms with E-state index < -0.39 is 0 Å². The van der Waals surface area contributed by atoms with E-state index in [1.807, 2.05) is 0 Å². The molecule has 0 aliphatic carbocycles. The van der Waals surface area contributed by atoms with Gasteiger partial charge in [0.25, 0.3) is 0 Å². The fourth-order valence-corrected chi connectivity index (χ4v) is 7.97. The van der Waals surface area contributed by atoms with Crippen LogP contribution in [-0.2, 0) is 0 Å². The van der Waals surface area contributed by atoms with Crippen molar-refractivity contribution in [2.24, 2.45) is 0 Å². The van der Waals surface area contributed by atoms with E-state index in [2.05, 4.69) is 194 Å². The van der Waals surface area contributed by atoms with Crippen molar-refractivity contribution >= 4 is 53.9 Å². The van der Waals surface area contributed by atoms with Gasteiger partial charge in [-0.1, -0.05) is 170 Å². The van der Waals surface area contributed by atoms with Gasteiger partial charge in [0.1, 0.15) is 0 Å². The van der Waals surface area contributed by atoms with Crippen molar-refractivity contribution < 1.29 is 0 Å². The number of fused-ring (bicyclic) bond motifs is 5. The summed E-state index contributed by atoms with van der Waals surface area (Å²) in [6.45, 7) is 0. The predicted molar refractivity (Wildman–Crippen MR) is 216 cm³/mol. The quantitative estimate of drug-likeness (QED) is 0.169. The first-order valence-electron chi connectivity index (χ1n) is 17.3. The first-order valence-corrected chi connectivity index (χ1v) is 17.3. The van der Waals surface area contributed by atoms with Crippen molar-refractivity contribution in [2.45, 2.75) is 0 Å². The molecule has 0 nitrogen and oxygen atoms in total. The van der Waals surface area contributed by atoms with Crippen LogP contribution in [0.1, 0.15) is 0 Å². The van der Waals surface area contributed by atoms with Gasteiger partial charge in [-0.15, -0.1) is 0 Å². The molecule has 0 aromatic heterocycles. The van der Waals surface area contributed by atoms with Crippen LogP contribution in [0.25, 0.3) is 98.4 Å². The van der Waals surface area contributed by atoms with Crippen LogP contribution < -0.4 is 0 Å². The van der Waals surface area contributed by atoms with Crippen molar-refractivity contribution in [3.8, 4) is 44.5 Å². The largest absolute Gasteiger partial charge is 0.0622 e. The molecule has 10 rings (SSSR count). The van der Waals surface area contributed by atoms with Gasteiger partial charge in [0.15, 0.2) is 0 Å². The Morgan fingerprint density at radius 3 is 1.30 bits per heavy atom. The Labute approximate surface area is 291 Å². The molecule has 0 aliphatic rings. The molecule has 0 aliphatic heterocycles. The summed E-state index contributed by atoms with van der Waals surface area (Å²) in [7, 11) is 0. The standard InChI is InChI=1S/C50H32/c1-2-14-36(15-3-1)49-45-27-25-42(40-24-22-34-12-5-7-17-38(34)30-40)32-48(45)50(44-20-10-18-35-13-8-9-19-43(35)44)46-28-26-41(31-47(46)49)39-23-21-33-11-4-6-16-37(33)29-39/h1-32H. The lowest BCUT2D eigenvalue weighted by molar-refractivity contribution is 1.64. The van der Waals surface area contributed by atoms with Gasteiger partial charge in [-0.25, -0.2) is 0 Å². The van der Waals surface area contributed by atoms with Crippen LogP contribution in [0.4, 0.5) is 0 Å². The zero-order valence-corrected chi connectivity index (χ0v) is 27.5. The van der Waals surface area contributed by atoms with Gasteiger partial charge < -0.3 is 0 Å². The van der Waals surface area contributed by atoms with Gasteiger partial charge in [0.2, 0.25) is 0 Å². The predicted octanol–water partition coefficient (Wildman–Crippen LogP) is 14.1. The summed E-state index contributed by atoms with van der Waals surface area (Å²) in [6.07, 6.45) is 0. The lowest BCUT2D eigenvalue weighted by Crippen LogP contribution is -1.93. The Kier molecular flexibility index (Phi) is 6.60. The van der Waals surface area contributed by atoms with Crippen LogP contribution in [-0.4, -0.2) is 0 Å². The summed E-state index contributed by atoms with van der Waals surface area (Å²) in [5.41, 5.74) is 9.91. The number of rotatable bonds is 4. The summed E-state index contributed by atoms with van der Waals surface area (Å²) in [5.74, 6) is 0. The second-order valence-electron chi connectivity index (χ2n) is 13.3. The molecule has 0 saturated carbocycles. The number of hydrogen-bond acceptors (Lipinski definition) is 0. The molecule has 0 amide bonds. The minimum absolute atomic E-state index is 1.22. The minimum Gasteiger partial charge on any atom is -0.0622 e. The van der Waals surface area contributed by atoms with Gasteiger partial charge in [0.05, 0.1) is 0 Å². The van der Waals surface area contributed by atoms with E-state index in [0.717, 1.165) is 0 Å². The third-order valence-corrected chi connectivity index (χ3v) is 10.4. The van der Waals surface area contributed by atoms with Crippen LogP contribution in [0.5, 0.6) is 0 Å². The second kappa shape index (κ2) is 11.6. The van der Waals surface area contributed by atoms with Crippen LogP contribution in [0.3, 0.4) is 0 Å². The summed E-state index contributed by atoms with van der Waals surface area (Å²) in [5, 5.41) is 12.6. The molecule has 0 radical (unpaired) electrons. The molecule has 10 aromatic carbocycles. The highest BCUT2D eigenvalue weighted by atomic mass is 14.2. The molecule has 0 fully saturated rings. The Morgan fingerprint density at radius 1 is 0.200 bits per heavy atom. The molecule has 232 valence electrons. The summed E-state index contributed by atoms with van der Waals surface area (Å²) in [4.78, 5) is 0. The molecule has 10 aromatic rings. The Morgan fingerprint density at radius 2 is 0.660 bits per heavy atom. The van der Waals surface area contributed by atoms with Gasteiger partial charge >= 0.3 is 0 Å². The molecule has 0 saturated heterocycles. The van der Waals surface area contributed by atoms with Gasteiger partial charge in [0, 0.05) is 0 Å². The summed E-state index contributed by atoms with van der Waals surface area (Å²) >= 11 is 0. The van der Waals surface area contributed by atoms with Crippen LogP contribution in [0.2, 0.25) is 0 Å². The van der Waals surface area contributed by atoms with Crippen molar-refractivity contribution in [1.82, 2.24) is 0 Å². The number of benzene rings is 10. The topological polar surface area (TPSA) is 0 Å². The average Bonchev–Trinajstić information content (AvgIpc) is 3.19. The lowest BCUT2D eigenvalue weighted by atomic mass is 9.83. The van der Waals surface area contributed by atoms with Crippen LogP contribution >= 0.6 is 0 Å². The monoisotopic (exact) mass is 632 g/mol. The van der Waals surface area contributed by atoms with Crippen molar-refractivity contribution in [1.29, 1.82) is 0 Å². The Hall–Kier alpha value is -6.50. The van der Waals surface area contributed by atoms with E-state index in [0.29, 0.717) is 0 Å². The van der Waals surface area contributed by atoms with E-state index in [-0.39, 0.29) is 0 Å². The molecule has 0 heteroatoms. The maximum absolute atomic E-state index is 2.43. The molecule has 0 atom stereocenters. The second-order valence-corrected chi connectivity index (χ2v) is 13.3. The zero-order valence-electron chi connectivity index (χ0n) is 27.5. The SMILES string of the molecule is c1ccc(-c2c3cc(-c4ccc5ccccc5c4)ccc3c(-c3cccc4ccccc34)c3cc(-c4ccc5ccccc5c4)ccc23)cc1. The van der Waals surface area contributed by atoms with E-state index in [9.17, 15) is 0 Å². The Bertz CT molecular complexity index is 2910. The van der Waals surface area contributed by atoms with Crippen molar-refractivity contribution in [3.05, 3.63) is 194 Å². The maximum Gasteiger partial charge on any atom is -0.00199 e. The highest BCUT2D eigenvalue weighted by Crippen LogP contribution is 2.47. The van der Waals surface area contributed by atoms with E-state index in [1.54, 1.807) is 0 Å². The average molecular weight is 633 g/mol. The highest BCUT2D eigenvalue weighted by Gasteiger charge is 2.20. The summed E-state index contributed by atoms with van der Waals surface area (Å²) in [6, 6.07) is 71.5. The molecule has 0 bridgehead atoms. The van der Waals surface area contributed by atoms with E-state index in [1.165, 1.54) is 98.4 Å². The third kappa shape index (κ3) is 4.69. The maximum atomic E-state index is 2.43. The minimum atomic E-state index is 1.22. The van der Waals surface area contributed by atoms with E-state index >= 15 is 0 Å². The normalized spacial score (nSPS) is 11.6. The molecular formula is C50H32. The molecular weight excluding hydrogens is 601 g/mol. The lowest BCUT2D eigenvalue weighted by Gasteiger charge is -2.20. The molecule has 0 unspecified atom stereocenters. The van der Waals surface area contributed by atoms with Gasteiger partial charge in [-0.2, -0.15) is 0 Å². The fraction of sp³-hybridized carbons (Fsp3) is 0. The summed E-state index contributed by atoms with van der Waals surface area (Å²) < 4.78 is 0. The molecule has 0 N–H and O–H groups in total. The first-order chi connectivity index (χ1) is 24.8. The van der Waals surface area contributed by atoms with Crippen LogP contribution in [0.15, 0.2) is 194 Å².